The number of hydrogen-bond acceptors (Lipinski definition) is 7. The summed E-state index contributed by atoms with van der Waals surface area (Å²) in [6, 6.07) is 0. The Kier molecular flexibility index (Phi) is 13.3. The molecule has 0 aliphatic rings. The molecule has 0 fully saturated rings. The van der Waals surface area contributed by atoms with Crippen molar-refractivity contribution < 1.29 is 31.4 Å². The maximum absolute atomic E-state index is 11.4. The van der Waals surface area contributed by atoms with Gasteiger partial charge < -0.3 is 31.5 Å². The molecule has 0 saturated carbocycles. The molecule has 1 N–H and O–H groups in total. The van der Waals surface area contributed by atoms with Gasteiger partial charge in [0.2, 0.25) is 5.91 Å². The van der Waals surface area contributed by atoms with Crippen LogP contribution in [0.15, 0.2) is 12.7 Å². The number of aliphatic hydroxyl groups excluding tert-OH is 1. The van der Waals surface area contributed by atoms with E-state index in [9.17, 15) is 9.90 Å². The topological polar surface area (TPSA) is 86.7 Å². The standard InChI is InChI=1S/C18H43NO7Si4/c1-11-18(21)19(2)15-17(20)16-22-13-12-14-23-28(5,6)25-30(9,10)26-29(7,8)24-27(3)4/h11,17,20,27H,1,12-16H2,2-10H3. The monoisotopic (exact) mass is 497 g/mol. The van der Waals surface area contributed by atoms with Gasteiger partial charge in [-0.05, 0) is 64.9 Å². The average Bonchev–Trinajstić information content (AvgIpc) is 2.53. The van der Waals surface area contributed by atoms with Crippen molar-refractivity contribution in [1.29, 1.82) is 0 Å². The van der Waals surface area contributed by atoms with Crippen molar-refractivity contribution in [2.24, 2.45) is 0 Å². The SMILES string of the molecule is C=CC(=O)N(C)CC(O)COCCCO[Si](C)(C)O[Si](C)(C)O[Si](C)(C)O[SiH](C)C. The lowest BCUT2D eigenvalue weighted by atomic mass is 10.3. The molecule has 0 spiro atoms. The maximum Gasteiger partial charge on any atom is 0.322 e. The number of carbonyl (C=O) groups is 1. The highest BCUT2D eigenvalue weighted by atomic mass is 28.5. The Morgan fingerprint density at radius 2 is 1.63 bits per heavy atom. The van der Waals surface area contributed by atoms with Crippen LogP contribution in [0.1, 0.15) is 6.42 Å². The minimum absolute atomic E-state index is 0.165. The van der Waals surface area contributed by atoms with Crippen molar-refractivity contribution in [2.75, 3.05) is 33.4 Å². The number of rotatable bonds is 16. The number of amides is 1. The molecule has 0 heterocycles. The second kappa shape index (κ2) is 13.4. The Morgan fingerprint density at radius 3 is 2.17 bits per heavy atom. The molecule has 0 radical (unpaired) electrons. The number of carbonyl (C=O) groups excluding carboxylic acids is 1. The first kappa shape index (κ1) is 29.8. The van der Waals surface area contributed by atoms with Crippen LogP contribution in [0.2, 0.25) is 52.4 Å². The molecule has 0 aliphatic heterocycles. The number of likely N-dealkylation sites (N-methyl/N-ethyl adjacent to an activating group) is 1. The van der Waals surface area contributed by atoms with Crippen LogP contribution in [0.25, 0.3) is 0 Å². The molecule has 8 nitrogen and oxygen atoms in total. The molecule has 0 aromatic carbocycles. The molecular formula is C18H43NO7Si4. The first-order valence-electron chi connectivity index (χ1n) is 10.4. The fourth-order valence-electron chi connectivity index (χ4n) is 3.14. The molecule has 30 heavy (non-hydrogen) atoms. The van der Waals surface area contributed by atoms with Crippen LogP contribution < -0.4 is 0 Å². The summed E-state index contributed by atoms with van der Waals surface area (Å²) in [6.45, 7) is 21.4. The van der Waals surface area contributed by atoms with Crippen LogP contribution in [-0.2, 0) is 26.3 Å². The van der Waals surface area contributed by atoms with E-state index in [1.807, 2.05) is 26.2 Å². The predicted octanol–water partition coefficient (Wildman–Crippen LogP) is 2.55. The van der Waals surface area contributed by atoms with Gasteiger partial charge in [0.1, 0.15) is 0 Å². The van der Waals surface area contributed by atoms with E-state index in [0.29, 0.717) is 19.6 Å². The molecule has 0 rings (SSSR count). The quantitative estimate of drug-likeness (QED) is 0.199. The van der Waals surface area contributed by atoms with Crippen LogP contribution in [0.5, 0.6) is 0 Å². The van der Waals surface area contributed by atoms with Crippen LogP contribution in [0, 0.1) is 0 Å². The highest BCUT2D eigenvalue weighted by Crippen LogP contribution is 2.22. The van der Waals surface area contributed by atoms with E-state index in [4.69, 9.17) is 21.5 Å². The van der Waals surface area contributed by atoms with E-state index in [1.165, 1.54) is 11.0 Å². The second-order valence-electron chi connectivity index (χ2n) is 8.92. The van der Waals surface area contributed by atoms with Gasteiger partial charge >= 0.3 is 25.7 Å². The van der Waals surface area contributed by atoms with Gasteiger partial charge in [0.05, 0.1) is 12.7 Å². The van der Waals surface area contributed by atoms with Crippen molar-refractivity contribution in [3.63, 3.8) is 0 Å². The molecule has 0 aromatic rings. The first-order valence-corrected chi connectivity index (χ1v) is 21.7. The van der Waals surface area contributed by atoms with Crippen LogP contribution in [0.3, 0.4) is 0 Å². The van der Waals surface area contributed by atoms with Crippen molar-refractivity contribution in [3.05, 3.63) is 12.7 Å². The lowest BCUT2D eigenvalue weighted by Crippen LogP contribution is -2.55. The summed E-state index contributed by atoms with van der Waals surface area (Å²) in [5, 5.41) is 9.91. The van der Waals surface area contributed by atoms with Gasteiger partial charge in [-0.3, -0.25) is 4.79 Å². The molecule has 0 saturated heterocycles. The molecule has 1 unspecified atom stereocenters. The van der Waals surface area contributed by atoms with Crippen molar-refractivity contribution in [3.8, 4) is 0 Å². The fraction of sp³-hybridized carbons (Fsp3) is 0.833. The first-order chi connectivity index (χ1) is 13.6. The Hall–Kier alpha value is -0.162. The van der Waals surface area contributed by atoms with E-state index in [-0.39, 0.29) is 19.1 Å². The third kappa shape index (κ3) is 14.8. The Morgan fingerprint density at radius 1 is 1.07 bits per heavy atom. The van der Waals surface area contributed by atoms with Crippen LogP contribution >= 0.6 is 0 Å². The Bertz CT molecular complexity index is 533. The lowest BCUT2D eigenvalue weighted by Gasteiger charge is -2.38. The summed E-state index contributed by atoms with van der Waals surface area (Å²) >= 11 is 0. The van der Waals surface area contributed by atoms with Gasteiger partial charge in [0, 0.05) is 26.8 Å². The summed E-state index contributed by atoms with van der Waals surface area (Å²) in [5.74, 6) is -0.228. The van der Waals surface area contributed by atoms with E-state index in [0.717, 1.165) is 0 Å². The minimum atomic E-state index is -2.37. The van der Waals surface area contributed by atoms with Gasteiger partial charge in [0.25, 0.3) is 0 Å². The van der Waals surface area contributed by atoms with Gasteiger partial charge in [-0.25, -0.2) is 0 Å². The smallest absolute Gasteiger partial charge is 0.322 e. The zero-order chi connectivity index (χ0) is 23.6. The Balaban J connectivity index is 4.20. The third-order valence-corrected chi connectivity index (χ3v) is 16.7. The van der Waals surface area contributed by atoms with Crippen molar-refractivity contribution in [2.45, 2.75) is 64.9 Å². The summed E-state index contributed by atoms with van der Waals surface area (Å²) < 4.78 is 30.3. The molecule has 0 aromatic heterocycles. The van der Waals surface area contributed by atoms with Gasteiger partial charge in [-0.2, -0.15) is 0 Å². The number of nitrogens with zero attached hydrogens (tertiary/aromatic N) is 1. The molecular weight excluding hydrogens is 455 g/mol. The normalized spacial score (nSPS) is 14.1. The zero-order valence-electron chi connectivity index (χ0n) is 20.3. The molecule has 12 heteroatoms. The number of hydrogen-bond donors (Lipinski definition) is 1. The summed E-state index contributed by atoms with van der Waals surface area (Å²) in [7, 11) is -6.45. The number of ether oxygens (including phenoxy) is 1. The molecule has 0 bridgehead atoms. The molecule has 1 amide bonds. The van der Waals surface area contributed by atoms with Gasteiger partial charge in [0.15, 0.2) is 9.04 Å². The van der Waals surface area contributed by atoms with E-state index >= 15 is 0 Å². The lowest BCUT2D eigenvalue weighted by molar-refractivity contribution is -0.126. The van der Waals surface area contributed by atoms with Crippen LogP contribution in [-0.4, -0.2) is 90.2 Å². The van der Waals surface area contributed by atoms with E-state index < -0.39 is 40.8 Å². The Labute approximate surface area is 188 Å². The minimum Gasteiger partial charge on any atom is -0.440 e. The summed E-state index contributed by atoms with van der Waals surface area (Å²) in [5.41, 5.74) is 0. The molecule has 178 valence electrons. The van der Waals surface area contributed by atoms with E-state index in [2.05, 4.69) is 32.8 Å². The third-order valence-electron chi connectivity index (χ3n) is 3.73. The molecule has 0 aliphatic carbocycles. The van der Waals surface area contributed by atoms with Crippen LogP contribution in [0.4, 0.5) is 0 Å². The zero-order valence-corrected chi connectivity index (χ0v) is 24.5. The fourth-order valence-corrected chi connectivity index (χ4v) is 19.2. The maximum atomic E-state index is 11.4. The average molecular weight is 498 g/mol. The summed E-state index contributed by atoms with van der Waals surface area (Å²) in [6.07, 6.45) is 1.18. The molecule has 1 atom stereocenters. The number of aliphatic hydroxyl groups is 1. The van der Waals surface area contributed by atoms with Gasteiger partial charge in [-0.15, -0.1) is 0 Å². The van der Waals surface area contributed by atoms with Crippen molar-refractivity contribution in [1.82, 2.24) is 4.90 Å². The predicted molar refractivity (Wildman–Crippen MR) is 130 cm³/mol. The van der Waals surface area contributed by atoms with Gasteiger partial charge in [-0.1, -0.05) is 6.58 Å². The largest absolute Gasteiger partial charge is 0.440 e. The van der Waals surface area contributed by atoms with E-state index in [1.54, 1.807) is 7.05 Å². The van der Waals surface area contributed by atoms with Crippen molar-refractivity contribution >= 4 is 40.6 Å². The highest BCUT2D eigenvalue weighted by Gasteiger charge is 2.41. The summed E-state index contributed by atoms with van der Waals surface area (Å²) in [4.78, 5) is 12.8. The highest BCUT2D eigenvalue weighted by molar-refractivity contribution is 6.86. The second-order valence-corrected chi connectivity index (χ2v) is 22.3.